The highest BCUT2D eigenvalue weighted by molar-refractivity contribution is 7.98. The number of aliphatic hydroxyl groups excluding tert-OH is 1. The van der Waals surface area contributed by atoms with Crippen molar-refractivity contribution in [2.24, 2.45) is 0 Å². The van der Waals surface area contributed by atoms with E-state index in [2.05, 4.69) is 27.5 Å². The van der Waals surface area contributed by atoms with Crippen LogP contribution >= 0.6 is 11.8 Å². The third kappa shape index (κ3) is 4.52. The fourth-order valence-corrected chi connectivity index (χ4v) is 2.74. The molecule has 6 heteroatoms. The van der Waals surface area contributed by atoms with Crippen molar-refractivity contribution in [3.63, 3.8) is 0 Å². The van der Waals surface area contributed by atoms with E-state index in [1.54, 1.807) is 11.8 Å². The van der Waals surface area contributed by atoms with Gasteiger partial charge in [-0.25, -0.2) is 9.97 Å². The Morgan fingerprint density at radius 1 is 1.25 bits per heavy atom. The van der Waals surface area contributed by atoms with Gasteiger partial charge in [0.2, 0.25) is 0 Å². The quantitative estimate of drug-likeness (QED) is 0.554. The summed E-state index contributed by atoms with van der Waals surface area (Å²) >= 11 is 1.55. The molecule has 0 unspecified atom stereocenters. The van der Waals surface area contributed by atoms with Crippen molar-refractivity contribution in [3.05, 3.63) is 6.07 Å². The molecule has 1 saturated carbocycles. The van der Waals surface area contributed by atoms with E-state index < -0.39 is 0 Å². The van der Waals surface area contributed by atoms with Gasteiger partial charge in [-0.1, -0.05) is 18.7 Å². The van der Waals surface area contributed by atoms with Gasteiger partial charge in [0, 0.05) is 18.7 Å². The minimum absolute atomic E-state index is 0.123. The van der Waals surface area contributed by atoms with E-state index in [9.17, 15) is 5.11 Å². The van der Waals surface area contributed by atoms with Crippen LogP contribution in [0.2, 0.25) is 0 Å². The van der Waals surface area contributed by atoms with Crippen molar-refractivity contribution in [2.75, 3.05) is 23.4 Å². The van der Waals surface area contributed by atoms with Gasteiger partial charge in [-0.3, -0.25) is 0 Å². The maximum atomic E-state index is 9.55. The number of hydrogen-bond acceptors (Lipinski definition) is 6. The first-order chi connectivity index (χ1) is 9.71. The van der Waals surface area contributed by atoms with Crippen LogP contribution in [0.3, 0.4) is 0 Å². The predicted octanol–water partition coefficient (Wildman–Crippen LogP) is 2.74. The molecule has 112 valence electrons. The summed E-state index contributed by atoms with van der Waals surface area (Å²) in [6.45, 7) is 3.05. The molecule has 1 aliphatic carbocycles. The number of hydrogen-bond donors (Lipinski definition) is 3. The topological polar surface area (TPSA) is 70.1 Å². The zero-order valence-corrected chi connectivity index (χ0v) is 13.0. The van der Waals surface area contributed by atoms with Gasteiger partial charge in [-0.2, -0.15) is 0 Å². The molecule has 1 heterocycles. The van der Waals surface area contributed by atoms with Gasteiger partial charge in [-0.15, -0.1) is 0 Å². The van der Waals surface area contributed by atoms with Crippen molar-refractivity contribution in [1.29, 1.82) is 0 Å². The molecule has 0 radical (unpaired) electrons. The maximum Gasteiger partial charge on any atom is 0.191 e. The third-order valence-electron chi connectivity index (χ3n) is 3.49. The number of nitrogens with zero attached hydrogens (tertiary/aromatic N) is 2. The summed E-state index contributed by atoms with van der Waals surface area (Å²) in [7, 11) is 0. The van der Waals surface area contributed by atoms with Crippen LogP contribution in [-0.4, -0.2) is 40.0 Å². The Morgan fingerprint density at radius 2 is 1.95 bits per heavy atom. The van der Waals surface area contributed by atoms with Crippen molar-refractivity contribution in [3.8, 4) is 0 Å². The van der Waals surface area contributed by atoms with Crippen LogP contribution in [0.25, 0.3) is 0 Å². The Hall–Kier alpha value is -1.01. The molecule has 0 amide bonds. The minimum atomic E-state index is -0.123. The van der Waals surface area contributed by atoms with E-state index in [4.69, 9.17) is 0 Å². The lowest BCUT2D eigenvalue weighted by atomic mass is 9.93. The molecule has 0 saturated heterocycles. The average molecular weight is 296 g/mol. The molecule has 3 N–H and O–H groups in total. The van der Waals surface area contributed by atoms with Crippen LogP contribution in [0.1, 0.15) is 39.0 Å². The summed E-state index contributed by atoms with van der Waals surface area (Å²) < 4.78 is 0. The summed E-state index contributed by atoms with van der Waals surface area (Å²) in [4.78, 5) is 8.97. The molecule has 0 bridgehead atoms. The van der Waals surface area contributed by atoms with Gasteiger partial charge < -0.3 is 15.7 Å². The molecule has 1 aromatic heterocycles. The highest BCUT2D eigenvalue weighted by Gasteiger charge is 2.19. The lowest BCUT2D eigenvalue weighted by Crippen LogP contribution is -2.28. The lowest BCUT2D eigenvalue weighted by Gasteiger charge is -2.26. The SMILES string of the molecule is CCCNc1cc(NC2CCC(O)CC2)nc(SC)n1. The first kappa shape index (κ1) is 15.4. The van der Waals surface area contributed by atoms with Gasteiger partial charge in [0.1, 0.15) is 11.6 Å². The zero-order valence-electron chi connectivity index (χ0n) is 12.2. The Morgan fingerprint density at radius 3 is 2.60 bits per heavy atom. The summed E-state index contributed by atoms with van der Waals surface area (Å²) in [5.41, 5.74) is 0. The fourth-order valence-electron chi connectivity index (χ4n) is 2.36. The number of aliphatic hydroxyl groups is 1. The van der Waals surface area contributed by atoms with Gasteiger partial charge in [0.05, 0.1) is 6.10 Å². The molecule has 20 heavy (non-hydrogen) atoms. The van der Waals surface area contributed by atoms with Crippen LogP contribution in [0.4, 0.5) is 11.6 Å². The predicted molar refractivity (Wildman–Crippen MR) is 84.5 cm³/mol. The van der Waals surface area contributed by atoms with Crippen molar-refractivity contribution >= 4 is 23.4 Å². The number of thioether (sulfide) groups is 1. The summed E-state index contributed by atoms with van der Waals surface area (Å²) in [5, 5.41) is 17.1. The van der Waals surface area contributed by atoms with E-state index in [0.717, 1.165) is 55.4 Å². The highest BCUT2D eigenvalue weighted by atomic mass is 32.2. The molecule has 1 aliphatic rings. The number of nitrogens with one attached hydrogen (secondary N) is 2. The summed E-state index contributed by atoms with van der Waals surface area (Å²) in [6.07, 6.45) is 6.68. The lowest BCUT2D eigenvalue weighted by molar-refractivity contribution is 0.126. The number of rotatable bonds is 6. The fraction of sp³-hybridized carbons (Fsp3) is 0.714. The Kier molecular flexibility index (Phi) is 5.91. The Balaban J connectivity index is 2.02. The molecule has 0 aromatic carbocycles. The minimum Gasteiger partial charge on any atom is -0.393 e. The Labute approximate surface area is 125 Å². The maximum absolute atomic E-state index is 9.55. The van der Waals surface area contributed by atoms with Crippen molar-refractivity contribution in [1.82, 2.24) is 9.97 Å². The molecule has 1 fully saturated rings. The molecule has 0 spiro atoms. The van der Waals surface area contributed by atoms with Crippen LogP contribution in [0.5, 0.6) is 0 Å². The molecular formula is C14H24N4OS. The standard InChI is InChI=1S/C14H24N4OS/c1-3-8-15-12-9-13(18-14(17-12)20-2)16-10-4-6-11(19)7-5-10/h9-11,19H,3-8H2,1-2H3,(H2,15,16,17,18). The van der Waals surface area contributed by atoms with Crippen LogP contribution < -0.4 is 10.6 Å². The normalized spacial score (nSPS) is 22.6. The summed E-state index contributed by atoms with van der Waals surface area (Å²) in [5.74, 6) is 1.76. The second-order valence-electron chi connectivity index (χ2n) is 5.20. The van der Waals surface area contributed by atoms with E-state index in [0.29, 0.717) is 6.04 Å². The van der Waals surface area contributed by atoms with Crippen molar-refractivity contribution in [2.45, 2.75) is 56.3 Å². The first-order valence-electron chi connectivity index (χ1n) is 7.32. The van der Waals surface area contributed by atoms with Gasteiger partial charge in [-0.05, 0) is 38.4 Å². The van der Waals surface area contributed by atoms with Crippen LogP contribution in [0.15, 0.2) is 11.2 Å². The van der Waals surface area contributed by atoms with Gasteiger partial charge in [0.15, 0.2) is 5.16 Å². The monoisotopic (exact) mass is 296 g/mol. The Bertz CT molecular complexity index is 422. The third-order valence-corrected chi connectivity index (χ3v) is 4.04. The largest absolute Gasteiger partial charge is 0.393 e. The highest BCUT2D eigenvalue weighted by Crippen LogP contribution is 2.23. The first-order valence-corrected chi connectivity index (χ1v) is 8.55. The smallest absolute Gasteiger partial charge is 0.191 e. The average Bonchev–Trinajstić information content (AvgIpc) is 2.47. The second kappa shape index (κ2) is 7.69. The second-order valence-corrected chi connectivity index (χ2v) is 5.98. The van der Waals surface area contributed by atoms with E-state index >= 15 is 0 Å². The molecule has 0 aliphatic heterocycles. The molecule has 2 rings (SSSR count). The van der Waals surface area contributed by atoms with Gasteiger partial charge >= 0.3 is 0 Å². The number of anilines is 2. The molecule has 0 atom stereocenters. The number of aromatic nitrogens is 2. The van der Waals surface area contributed by atoms with E-state index in [1.807, 2.05) is 12.3 Å². The van der Waals surface area contributed by atoms with Crippen LogP contribution in [-0.2, 0) is 0 Å². The molecule has 1 aromatic rings. The van der Waals surface area contributed by atoms with E-state index in [-0.39, 0.29) is 6.10 Å². The zero-order chi connectivity index (χ0) is 14.4. The molecule has 5 nitrogen and oxygen atoms in total. The van der Waals surface area contributed by atoms with E-state index in [1.165, 1.54) is 0 Å². The van der Waals surface area contributed by atoms with Gasteiger partial charge in [0.25, 0.3) is 0 Å². The van der Waals surface area contributed by atoms with Crippen LogP contribution in [0, 0.1) is 0 Å². The summed E-state index contributed by atoms with van der Waals surface area (Å²) in [6, 6.07) is 2.38. The van der Waals surface area contributed by atoms with Crippen molar-refractivity contribution < 1.29 is 5.11 Å². The molecular weight excluding hydrogens is 272 g/mol.